The summed E-state index contributed by atoms with van der Waals surface area (Å²) in [5.74, 6) is 1.57. The Hall–Kier alpha value is -0.675. The quantitative estimate of drug-likeness (QED) is 0.799. The molecule has 0 aliphatic heterocycles. The highest BCUT2D eigenvalue weighted by atomic mass is 35.5. The molecule has 0 radical (unpaired) electrons. The lowest BCUT2D eigenvalue weighted by Crippen LogP contribution is -2.07. The van der Waals surface area contributed by atoms with Crippen LogP contribution in [0, 0.1) is 0 Å². The van der Waals surface area contributed by atoms with Gasteiger partial charge in [0.2, 0.25) is 0 Å². The number of hydrogen-bond acceptors (Lipinski definition) is 3. The zero-order chi connectivity index (χ0) is 11.3. The Morgan fingerprint density at radius 3 is 2.40 bits per heavy atom. The minimum Gasteiger partial charge on any atom is -0.486 e. The van der Waals surface area contributed by atoms with Gasteiger partial charge in [0.05, 0.1) is 10.0 Å². The molecule has 80 valence electrons. The van der Waals surface area contributed by atoms with E-state index in [2.05, 4.69) is 0 Å². The van der Waals surface area contributed by atoms with Crippen LogP contribution < -0.4 is 4.74 Å². The van der Waals surface area contributed by atoms with Crippen molar-refractivity contribution in [1.82, 2.24) is 0 Å². The standard InChI is InChI=1S/C9H9BCl2O3/c11-7-3-1-4-8(12)9(7)15-6-2-5-10(13)14/h1-5,13-14H,6H2/b5-2+. The lowest BCUT2D eigenvalue weighted by molar-refractivity contribution is 0.362. The number of rotatable bonds is 4. The molecule has 0 aliphatic carbocycles. The van der Waals surface area contributed by atoms with Crippen LogP contribution in [0.1, 0.15) is 0 Å². The lowest BCUT2D eigenvalue weighted by Gasteiger charge is -2.06. The smallest absolute Gasteiger partial charge is 0.480 e. The van der Waals surface area contributed by atoms with Gasteiger partial charge in [-0.3, -0.25) is 0 Å². The molecule has 0 saturated carbocycles. The van der Waals surface area contributed by atoms with Gasteiger partial charge in [-0.05, 0) is 12.1 Å². The maximum atomic E-state index is 8.52. The fraction of sp³-hybridized carbons (Fsp3) is 0.111. The first-order valence-corrected chi connectivity index (χ1v) is 4.96. The van der Waals surface area contributed by atoms with Gasteiger partial charge in [-0.1, -0.05) is 41.3 Å². The molecule has 0 fully saturated rings. The fourth-order valence-corrected chi connectivity index (χ4v) is 1.44. The summed E-state index contributed by atoms with van der Waals surface area (Å²) in [5, 5.41) is 17.9. The molecule has 0 atom stereocenters. The van der Waals surface area contributed by atoms with E-state index in [9.17, 15) is 0 Å². The second kappa shape index (κ2) is 6.03. The van der Waals surface area contributed by atoms with Gasteiger partial charge in [0.25, 0.3) is 0 Å². The van der Waals surface area contributed by atoms with E-state index < -0.39 is 7.12 Å². The van der Waals surface area contributed by atoms with E-state index >= 15 is 0 Å². The van der Waals surface area contributed by atoms with Crippen molar-refractivity contribution in [2.75, 3.05) is 6.61 Å². The topological polar surface area (TPSA) is 49.7 Å². The normalized spacial score (nSPS) is 10.7. The van der Waals surface area contributed by atoms with E-state index in [1.54, 1.807) is 18.2 Å². The van der Waals surface area contributed by atoms with Crippen molar-refractivity contribution < 1.29 is 14.8 Å². The summed E-state index contributed by atoms with van der Waals surface area (Å²) in [7, 11) is -1.48. The van der Waals surface area contributed by atoms with Crippen LogP contribution in [-0.4, -0.2) is 23.8 Å². The molecule has 0 amide bonds. The third-order valence-corrected chi connectivity index (χ3v) is 2.15. The zero-order valence-corrected chi connectivity index (χ0v) is 9.24. The average molecular weight is 247 g/mol. The monoisotopic (exact) mass is 246 g/mol. The van der Waals surface area contributed by atoms with Gasteiger partial charge in [-0.2, -0.15) is 0 Å². The molecule has 15 heavy (non-hydrogen) atoms. The Balaban J connectivity index is 2.58. The average Bonchev–Trinajstić information content (AvgIpc) is 2.15. The molecular formula is C9H9BCl2O3. The van der Waals surface area contributed by atoms with Crippen LogP contribution in [0.5, 0.6) is 5.75 Å². The molecule has 0 saturated heterocycles. The van der Waals surface area contributed by atoms with Crippen LogP contribution >= 0.6 is 23.2 Å². The van der Waals surface area contributed by atoms with Crippen LogP contribution in [0.15, 0.2) is 30.3 Å². The van der Waals surface area contributed by atoms with Gasteiger partial charge >= 0.3 is 7.12 Å². The van der Waals surface area contributed by atoms with Crippen LogP contribution in [-0.2, 0) is 0 Å². The Morgan fingerprint density at radius 1 is 1.27 bits per heavy atom. The van der Waals surface area contributed by atoms with Crippen LogP contribution in [0.3, 0.4) is 0 Å². The first kappa shape index (κ1) is 12.4. The van der Waals surface area contributed by atoms with E-state index in [1.807, 2.05) is 0 Å². The van der Waals surface area contributed by atoms with Crippen LogP contribution in [0.25, 0.3) is 0 Å². The summed E-state index contributed by atoms with van der Waals surface area (Å²) < 4.78 is 5.25. The third kappa shape index (κ3) is 4.14. The third-order valence-electron chi connectivity index (χ3n) is 1.55. The summed E-state index contributed by atoms with van der Waals surface area (Å²) >= 11 is 11.7. The van der Waals surface area contributed by atoms with Crippen molar-refractivity contribution in [2.24, 2.45) is 0 Å². The van der Waals surface area contributed by atoms with Gasteiger partial charge in [0.15, 0.2) is 5.75 Å². The Morgan fingerprint density at radius 2 is 1.87 bits per heavy atom. The highest BCUT2D eigenvalue weighted by molar-refractivity contribution is 6.47. The van der Waals surface area contributed by atoms with Gasteiger partial charge in [-0.25, -0.2) is 0 Å². The second-order valence-corrected chi connectivity index (χ2v) is 3.52. The molecule has 0 heterocycles. The lowest BCUT2D eigenvalue weighted by atomic mass is 9.92. The Labute approximate surface area is 98.0 Å². The first-order chi connectivity index (χ1) is 7.11. The summed E-state index contributed by atoms with van der Waals surface area (Å²) in [6, 6.07) is 5.03. The van der Waals surface area contributed by atoms with Crippen LogP contribution in [0.4, 0.5) is 0 Å². The summed E-state index contributed by atoms with van der Waals surface area (Å²) in [5.41, 5.74) is 0. The summed E-state index contributed by atoms with van der Waals surface area (Å²) in [6.45, 7) is 0.168. The van der Waals surface area contributed by atoms with Gasteiger partial charge in [0.1, 0.15) is 6.61 Å². The zero-order valence-electron chi connectivity index (χ0n) is 7.73. The van der Waals surface area contributed by atoms with E-state index in [0.717, 1.165) is 0 Å². The van der Waals surface area contributed by atoms with Crippen molar-refractivity contribution >= 4 is 30.3 Å². The van der Waals surface area contributed by atoms with E-state index in [0.29, 0.717) is 15.8 Å². The molecule has 0 bridgehead atoms. The SMILES string of the molecule is OB(O)/C=C/COc1c(Cl)cccc1Cl. The minimum atomic E-state index is -1.48. The molecule has 1 aromatic rings. The van der Waals surface area contributed by atoms with Crippen molar-refractivity contribution in [3.63, 3.8) is 0 Å². The highest BCUT2D eigenvalue weighted by Crippen LogP contribution is 2.32. The first-order valence-electron chi connectivity index (χ1n) is 4.21. The maximum absolute atomic E-state index is 8.52. The van der Waals surface area contributed by atoms with Crippen molar-refractivity contribution in [1.29, 1.82) is 0 Å². The van der Waals surface area contributed by atoms with Gasteiger partial charge < -0.3 is 14.8 Å². The molecule has 0 spiro atoms. The number of hydrogen-bond donors (Lipinski definition) is 2. The number of ether oxygens (including phenoxy) is 1. The van der Waals surface area contributed by atoms with Gasteiger partial charge in [0, 0.05) is 0 Å². The van der Waals surface area contributed by atoms with Crippen molar-refractivity contribution in [2.45, 2.75) is 0 Å². The molecule has 2 N–H and O–H groups in total. The second-order valence-electron chi connectivity index (χ2n) is 2.70. The fourth-order valence-electron chi connectivity index (χ4n) is 0.929. The molecular weight excluding hydrogens is 238 g/mol. The highest BCUT2D eigenvalue weighted by Gasteiger charge is 2.05. The molecule has 0 unspecified atom stereocenters. The van der Waals surface area contributed by atoms with E-state index in [-0.39, 0.29) is 6.61 Å². The van der Waals surface area contributed by atoms with E-state index in [1.165, 1.54) is 12.1 Å². The predicted octanol–water partition coefficient (Wildman–Crippen LogP) is 1.94. The minimum absolute atomic E-state index is 0.168. The number of benzene rings is 1. The van der Waals surface area contributed by atoms with Crippen LogP contribution in [0.2, 0.25) is 10.0 Å². The van der Waals surface area contributed by atoms with Crippen molar-refractivity contribution in [3.05, 3.63) is 40.3 Å². The molecule has 0 aliphatic rings. The predicted molar refractivity (Wildman–Crippen MR) is 61.3 cm³/mol. The molecule has 1 rings (SSSR count). The molecule has 1 aromatic carbocycles. The Kier molecular flexibility index (Phi) is 4.98. The molecule has 3 nitrogen and oxygen atoms in total. The largest absolute Gasteiger partial charge is 0.486 e. The van der Waals surface area contributed by atoms with E-state index in [4.69, 9.17) is 38.0 Å². The molecule has 6 heteroatoms. The number of para-hydroxylation sites is 1. The van der Waals surface area contributed by atoms with Crippen molar-refractivity contribution in [3.8, 4) is 5.75 Å². The maximum Gasteiger partial charge on any atom is 0.480 e. The Bertz CT molecular complexity index is 335. The summed E-state index contributed by atoms with van der Waals surface area (Å²) in [4.78, 5) is 0. The number of halogens is 2. The molecule has 0 aromatic heterocycles. The summed E-state index contributed by atoms with van der Waals surface area (Å²) in [6.07, 6.45) is 1.46. The van der Waals surface area contributed by atoms with Gasteiger partial charge in [-0.15, -0.1) is 0 Å².